The number of hydrogen-bond acceptors (Lipinski definition) is 5. The van der Waals surface area contributed by atoms with Crippen LogP contribution >= 0.6 is 0 Å². The number of nitrogens with two attached hydrogens (primary N) is 1. The Kier molecular flexibility index (Phi) is 5.40. The molecule has 0 fully saturated rings. The Balaban J connectivity index is 2.90. The number of methoxy groups -OCH3 is 3. The van der Waals surface area contributed by atoms with Gasteiger partial charge in [-0.25, -0.2) is 0 Å². The standard InChI is InChI=1S/C13H22N2O3/c1-13(9-14,12(17-3)18-4)15-10-6-5-7-11(8-10)16-2/h5-8,12,15H,9,14H2,1-4H3. The summed E-state index contributed by atoms with van der Waals surface area (Å²) < 4.78 is 15.8. The first kappa shape index (κ1) is 14.8. The van der Waals surface area contributed by atoms with Crippen molar-refractivity contribution in [1.82, 2.24) is 0 Å². The lowest BCUT2D eigenvalue weighted by Crippen LogP contribution is -2.54. The highest BCUT2D eigenvalue weighted by molar-refractivity contribution is 5.50. The molecule has 1 unspecified atom stereocenters. The summed E-state index contributed by atoms with van der Waals surface area (Å²) in [5.74, 6) is 0.783. The molecule has 0 aliphatic heterocycles. The van der Waals surface area contributed by atoms with Gasteiger partial charge in [0.2, 0.25) is 0 Å². The predicted molar refractivity (Wildman–Crippen MR) is 71.9 cm³/mol. The molecule has 0 aromatic heterocycles. The molecule has 3 N–H and O–H groups in total. The molecule has 1 aromatic carbocycles. The monoisotopic (exact) mass is 254 g/mol. The van der Waals surface area contributed by atoms with E-state index in [1.165, 1.54) is 0 Å². The summed E-state index contributed by atoms with van der Waals surface area (Å²) in [7, 11) is 4.82. The van der Waals surface area contributed by atoms with Crippen LogP contribution in [0.2, 0.25) is 0 Å². The van der Waals surface area contributed by atoms with Gasteiger partial charge in [0.25, 0.3) is 0 Å². The Morgan fingerprint density at radius 1 is 1.28 bits per heavy atom. The summed E-state index contributed by atoms with van der Waals surface area (Å²) in [5, 5.41) is 3.33. The van der Waals surface area contributed by atoms with Crippen LogP contribution < -0.4 is 15.8 Å². The first-order valence-corrected chi connectivity index (χ1v) is 5.77. The lowest BCUT2D eigenvalue weighted by Gasteiger charge is -2.36. The van der Waals surface area contributed by atoms with Crippen LogP contribution in [0.4, 0.5) is 5.69 Å². The van der Waals surface area contributed by atoms with Crippen molar-refractivity contribution in [3.63, 3.8) is 0 Å². The quantitative estimate of drug-likeness (QED) is 0.721. The van der Waals surface area contributed by atoms with Crippen LogP contribution in [0, 0.1) is 0 Å². The van der Waals surface area contributed by atoms with E-state index >= 15 is 0 Å². The Morgan fingerprint density at radius 3 is 2.44 bits per heavy atom. The van der Waals surface area contributed by atoms with Gasteiger partial charge < -0.3 is 25.3 Å². The highest BCUT2D eigenvalue weighted by Crippen LogP contribution is 2.23. The molecular weight excluding hydrogens is 232 g/mol. The molecule has 0 bridgehead atoms. The van der Waals surface area contributed by atoms with Gasteiger partial charge in [-0.3, -0.25) is 0 Å². The molecule has 18 heavy (non-hydrogen) atoms. The maximum Gasteiger partial charge on any atom is 0.180 e. The number of benzene rings is 1. The molecule has 1 atom stereocenters. The zero-order valence-corrected chi connectivity index (χ0v) is 11.4. The van der Waals surface area contributed by atoms with Gasteiger partial charge in [0.1, 0.15) is 5.75 Å². The number of anilines is 1. The van der Waals surface area contributed by atoms with Crippen LogP contribution in [-0.2, 0) is 9.47 Å². The van der Waals surface area contributed by atoms with E-state index < -0.39 is 11.8 Å². The second-order valence-corrected chi connectivity index (χ2v) is 4.28. The van der Waals surface area contributed by atoms with E-state index in [0.717, 1.165) is 11.4 Å². The molecular formula is C13H22N2O3. The fourth-order valence-electron chi connectivity index (χ4n) is 1.85. The third-order valence-electron chi connectivity index (χ3n) is 2.87. The second-order valence-electron chi connectivity index (χ2n) is 4.28. The van der Waals surface area contributed by atoms with Gasteiger partial charge in [0.05, 0.1) is 12.6 Å². The van der Waals surface area contributed by atoms with Gasteiger partial charge in [-0.2, -0.15) is 0 Å². The molecule has 102 valence electrons. The van der Waals surface area contributed by atoms with Crippen molar-refractivity contribution in [3.8, 4) is 5.75 Å². The average Bonchev–Trinajstić information content (AvgIpc) is 2.40. The first-order valence-electron chi connectivity index (χ1n) is 5.77. The van der Waals surface area contributed by atoms with Crippen molar-refractivity contribution in [2.45, 2.75) is 18.8 Å². The topological polar surface area (TPSA) is 65.7 Å². The SMILES string of the molecule is COc1cccc(NC(C)(CN)C(OC)OC)c1. The Bertz CT molecular complexity index is 369. The molecule has 0 saturated heterocycles. The zero-order valence-electron chi connectivity index (χ0n) is 11.4. The van der Waals surface area contributed by atoms with Crippen LogP contribution in [0.1, 0.15) is 6.92 Å². The van der Waals surface area contributed by atoms with Gasteiger partial charge in [-0.15, -0.1) is 0 Å². The molecule has 5 heteroatoms. The van der Waals surface area contributed by atoms with Gasteiger partial charge in [-0.1, -0.05) is 6.07 Å². The summed E-state index contributed by atoms with van der Waals surface area (Å²) >= 11 is 0. The molecule has 0 heterocycles. The minimum Gasteiger partial charge on any atom is -0.497 e. The fourth-order valence-corrected chi connectivity index (χ4v) is 1.85. The molecule has 1 aromatic rings. The van der Waals surface area contributed by atoms with E-state index in [9.17, 15) is 0 Å². The van der Waals surface area contributed by atoms with Gasteiger partial charge in [0.15, 0.2) is 6.29 Å². The molecule has 0 saturated carbocycles. The zero-order chi connectivity index (χ0) is 13.6. The molecule has 1 rings (SSSR count). The van der Waals surface area contributed by atoms with E-state index in [2.05, 4.69) is 5.32 Å². The van der Waals surface area contributed by atoms with E-state index in [1.807, 2.05) is 31.2 Å². The minimum atomic E-state index is -0.518. The van der Waals surface area contributed by atoms with Gasteiger partial charge >= 0.3 is 0 Å². The predicted octanol–water partition coefficient (Wildman–Crippen LogP) is 1.44. The maximum atomic E-state index is 5.82. The van der Waals surface area contributed by atoms with Crippen molar-refractivity contribution in [3.05, 3.63) is 24.3 Å². The molecule has 5 nitrogen and oxygen atoms in total. The summed E-state index contributed by atoms with van der Waals surface area (Å²) in [5.41, 5.74) is 6.21. The van der Waals surface area contributed by atoms with Gasteiger partial charge in [-0.05, 0) is 19.1 Å². The Labute approximate surface area is 108 Å². The Morgan fingerprint density at radius 2 is 1.94 bits per heavy atom. The van der Waals surface area contributed by atoms with Crippen molar-refractivity contribution in [2.24, 2.45) is 5.73 Å². The minimum absolute atomic E-state index is 0.372. The van der Waals surface area contributed by atoms with Crippen LogP contribution in [0.3, 0.4) is 0 Å². The van der Waals surface area contributed by atoms with Crippen LogP contribution in [-0.4, -0.2) is 39.7 Å². The van der Waals surface area contributed by atoms with E-state index in [4.69, 9.17) is 19.9 Å². The van der Waals surface area contributed by atoms with Crippen molar-refractivity contribution in [2.75, 3.05) is 33.2 Å². The second kappa shape index (κ2) is 6.58. The number of rotatable bonds is 7. The van der Waals surface area contributed by atoms with E-state index in [-0.39, 0.29) is 0 Å². The summed E-state index contributed by atoms with van der Waals surface area (Å²) in [6.45, 7) is 2.32. The Hall–Kier alpha value is -1.30. The lowest BCUT2D eigenvalue weighted by molar-refractivity contribution is -0.134. The highest BCUT2D eigenvalue weighted by Gasteiger charge is 2.33. The average molecular weight is 254 g/mol. The normalized spacial score (nSPS) is 14.3. The van der Waals surface area contributed by atoms with E-state index in [0.29, 0.717) is 6.54 Å². The van der Waals surface area contributed by atoms with Crippen molar-refractivity contribution >= 4 is 5.69 Å². The first-order chi connectivity index (χ1) is 8.59. The molecule has 0 aliphatic rings. The molecule has 0 radical (unpaired) electrons. The molecule has 0 amide bonds. The van der Waals surface area contributed by atoms with Gasteiger partial charge in [0, 0.05) is 32.5 Å². The third-order valence-corrected chi connectivity index (χ3v) is 2.87. The lowest BCUT2D eigenvalue weighted by atomic mass is 10.0. The van der Waals surface area contributed by atoms with Crippen LogP contribution in [0.25, 0.3) is 0 Å². The molecule has 0 spiro atoms. The summed E-state index contributed by atoms with van der Waals surface area (Å²) in [4.78, 5) is 0. The third kappa shape index (κ3) is 3.35. The maximum absolute atomic E-state index is 5.82. The summed E-state index contributed by atoms with van der Waals surface area (Å²) in [6, 6.07) is 7.64. The van der Waals surface area contributed by atoms with Crippen molar-refractivity contribution < 1.29 is 14.2 Å². The number of hydrogen-bond donors (Lipinski definition) is 2. The largest absolute Gasteiger partial charge is 0.497 e. The highest BCUT2D eigenvalue weighted by atomic mass is 16.7. The van der Waals surface area contributed by atoms with Crippen LogP contribution in [0.5, 0.6) is 5.75 Å². The number of nitrogens with one attached hydrogen (secondary N) is 1. The summed E-state index contributed by atoms with van der Waals surface area (Å²) in [6.07, 6.45) is -0.436. The fraction of sp³-hybridized carbons (Fsp3) is 0.538. The smallest absolute Gasteiger partial charge is 0.180 e. The van der Waals surface area contributed by atoms with E-state index in [1.54, 1.807) is 21.3 Å². The molecule has 0 aliphatic carbocycles. The van der Waals surface area contributed by atoms with Crippen LogP contribution in [0.15, 0.2) is 24.3 Å². The van der Waals surface area contributed by atoms with Crippen molar-refractivity contribution in [1.29, 1.82) is 0 Å². The number of ether oxygens (including phenoxy) is 3.